The number of nitrogens with zero attached hydrogens (tertiary/aromatic N) is 3. The van der Waals surface area contributed by atoms with Gasteiger partial charge in [-0.3, -0.25) is 4.79 Å². The third kappa shape index (κ3) is 4.51. The molecule has 0 amide bonds. The van der Waals surface area contributed by atoms with Gasteiger partial charge in [-0.1, -0.05) is 39.5 Å². The molecule has 1 aromatic heterocycles. The summed E-state index contributed by atoms with van der Waals surface area (Å²) in [6.07, 6.45) is 1.75. The summed E-state index contributed by atoms with van der Waals surface area (Å²) in [5.74, 6) is 0.0799. The lowest BCUT2D eigenvalue weighted by Gasteiger charge is -2.35. The average molecular weight is 299 g/mol. The monoisotopic (exact) mass is 299 g/mol. The summed E-state index contributed by atoms with van der Waals surface area (Å²) in [7, 11) is 0. The van der Waals surface area contributed by atoms with Crippen LogP contribution in [0.3, 0.4) is 0 Å². The van der Waals surface area contributed by atoms with E-state index in [4.69, 9.17) is 5.11 Å². The Balaban J connectivity index is 3.12. The van der Waals surface area contributed by atoms with E-state index in [-0.39, 0.29) is 16.7 Å². The number of hydrogen-bond acceptors (Lipinski definition) is 4. The highest BCUT2D eigenvalue weighted by Crippen LogP contribution is 2.35. The highest BCUT2D eigenvalue weighted by Gasteiger charge is 2.31. The van der Waals surface area contributed by atoms with Crippen molar-refractivity contribution in [1.82, 2.24) is 14.8 Å². The molecule has 0 bridgehead atoms. The average Bonchev–Trinajstić information content (AvgIpc) is 2.66. The molecular formula is C14H25N3O2S. The van der Waals surface area contributed by atoms with Gasteiger partial charge < -0.3 is 9.67 Å². The van der Waals surface area contributed by atoms with Gasteiger partial charge in [-0.05, 0) is 25.7 Å². The maximum atomic E-state index is 10.8. The van der Waals surface area contributed by atoms with Crippen molar-refractivity contribution in [3.63, 3.8) is 0 Å². The van der Waals surface area contributed by atoms with Crippen molar-refractivity contribution in [2.75, 3.05) is 5.75 Å². The Kier molecular flexibility index (Phi) is 5.24. The molecule has 1 heterocycles. The summed E-state index contributed by atoms with van der Waals surface area (Å²) in [4.78, 5) is 10.8. The summed E-state index contributed by atoms with van der Waals surface area (Å²) >= 11 is 1.23. The topological polar surface area (TPSA) is 68.0 Å². The molecule has 0 unspecified atom stereocenters. The minimum atomic E-state index is -0.837. The minimum Gasteiger partial charge on any atom is -0.481 e. The second-order valence-corrected chi connectivity index (χ2v) is 7.76. The fraction of sp³-hybridized carbons (Fsp3) is 0.786. The molecule has 0 aromatic carbocycles. The van der Waals surface area contributed by atoms with Crippen LogP contribution in [-0.4, -0.2) is 31.6 Å². The van der Waals surface area contributed by atoms with E-state index in [1.807, 2.05) is 6.92 Å². The molecule has 0 saturated carbocycles. The minimum absolute atomic E-state index is 0.00739. The SMILES string of the molecule is CCc1nnc(SCC(=O)O)n1C(C)(C)CC(C)(C)C. The van der Waals surface area contributed by atoms with Crippen molar-refractivity contribution >= 4 is 17.7 Å². The molecular weight excluding hydrogens is 274 g/mol. The number of carboxylic acids is 1. The molecule has 0 aliphatic rings. The first-order chi connectivity index (χ1) is 9.07. The summed E-state index contributed by atoms with van der Waals surface area (Å²) in [5.41, 5.74) is 0.0292. The van der Waals surface area contributed by atoms with Gasteiger partial charge in [0.05, 0.1) is 5.75 Å². The van der Waals surface area contributed by atoms with Crippen molar-refractivity contribution < 1.29 is 9.90 Å². The molecule has 0 saturated heterocycles. The van der Waals surface area contributed by atoms with Gasteiger partial charge in [0.2, 0.25) is 0 Å². The van der Waals surface area contributed by atoms with Gasteiger partial charge >= 0.3 is 5.97 Å². The van der Waals surface area contributed by atoms with E-state index in [1.165, 1.54) is 11.8 Å². The maximum absolute atomic E-state index is 10.8. The smallest absolute Gasteiger partial charge is 0.313 e. The van der Waals surface area contributed by atoms with Gasteiger partial charge in [0.15, 0.2) is 5.16 Å². The van der Waals surface area contributed by atoms with Crippen LogP contribution in [0.1, 0.15) is 53.8 Å². The summed E-state index contributed by atoms with van der Waals surface area (Å²) in [5, 5.41) is 17.9. The number of aryl methyl sites for hydroxylation is 1. The predicted molar refractivity (Wildman–Crippen MR) is 81.2 cm³/mol. The number of rotatable bonds is 6. The maximum Gasteiger partial charge on any atom is 0.313 e. The fourth-order valence-corrected chi connectivity index (χ4v) is 3.57. The number of aromatic nitrogens is 3. The van der Waals surface area contributed by atoms with E-state index >= 15 is 0 Å². The molecule has 0 radical (unpaired) electrons. The second-order valence-electron chi connectivity index (χ2n) is 6.82. The van der Waals surface area contributed by atoms with Crippen molar-refractivity contribution in [2.45, 2.75) is 65.1 Å². The van der Waals surface area contributed by atoms with Gasteiger partial charge in [0.25, 0.3) is 0 Å². The van der Waals surface area contributed by atoms with Crippen LogP contribution in [-0.2, 0) is 16.8 Å². The third-order valence-corrected chi connectivity index (χ3v) is 3.82. The number of thioether (sulfide) groups is 1. The van der Waals surface area contributed by atoms with Crippen molar-refractivity contribution in [1.29, 1.82) is 0 Å². The van der Waals surface area contributed by atoms with Crippen molar-refractivity contribution in [3.8, 4) is 0 Å². The van der Waals surface area contributed by atoms with E-state index in [0.717, 1.165) is 18.7 Å². The largest absolute Gasteiger partial charge is 0.481 e. The normalized spacial score (nSPS) is 12.7. The first kappa shape index (κ1) is 17.0. The molecule has 0 spiro atoms. The molecule has 5 nitrogen and oxygen atoms in total. The molecule has 0 aliphatic carbocycles. The number of hydrogen-bond donors (Lipinski definition) is 1. The van der Waals surface area contributed by atoms with E-state index in [9.17, 15) is 4.79 Å². The number of carboxylic acid groups (broad SMARTS) is 1. The quantitative estimate of drug-likeness (QED) is 0.817. The Morgan fingerprint density at radius 2 is 1.85 bits per heavy atom. The van der Waals surface area contributed by atoms with Crippen LogP contribution in [0.15, 0.2) is 5.16 Å². The van der Waals surface area contributed by atoms with Crippen LogP contribution >= 0.6 is 11.8 Å². The molecule has 0 aliphatic heterocycles. The van der Waals surface area contributed by atoms with Gasteiger partial charge in [0, 0.05) is 12.0 Å². The Hall–Kier alpha value is -1.04. The first-order valence-corrected chi connectivity index (χ1v) is 7.85. The molecule has 1 aromatic rings. The van der Waals surface area contributed by atoms with Crippen LogP contribution in [0, 0.1) is 5.41 Å². The Morgan fingerprint density at radius 3 is 2.30 bits per heavy atom. The predicted octanol–water partition coefficient (Wildman–Crippen LogP) is 3.19. The van der Waals surface area contributed by atoms with Crippen molar-refractivity contribution in [3.05, 3.63) is 5.82 Å². The molecule has 20 heavy (non-hydrogen) atoms. The van der Waals surface area contributed by atoms with Crippen LogP contribution < -0.4 is 0 Å². The molecule has 0 atom stereocenters. The highest BCUT2D eigenvalue weighted by atomic mass is 32.2. The highest BCUT2D eigenvalue weighted by molar-refractivity contribution is 7.99. The van der Waals surface area contributed by atoms with E-state index in [2.05, 4.69) is 49.4 Å². The molecule has 1 N–H and O–H groups in total. The van der Waals surface area contributed by atoms with E-state index in [1.54, 1.807) is 0 Å². The van der Waals surface area contributed by atoms with Gasteiger partial charge in [0.1, 0.15) is 5.82 Å². The molecule has 1 rings (SSSR count). The molecule has 114 valence electrons. The van der Waals surface area contributed by atoms with Crippen LogP contribution in [0.25, 0.3) is 0 Å². The lowest BCUT2D eigenvalue weighted by molar-refractivity contribution is -0.133. The summed E-state index contributed by atoms with van der Waals surface area (Å²) in [6, 6.07) is 0. The zero-order valence-corrected chi connectivity index (χ0v) is 14.0. The molecule has 0 fully saturated rings. The zero-order chi connectivity index (χ0) is 15.6. The van der Waals surface area contributed by atoms with Crippen LogP contribution in [0.2, 0.25) is 0 Å². The zero-order valence-electron chi connectivity index (χ0n) is 13.2. The lowest BCUT2D eigenvalue weighted by atomic mass is 9.81. The summed E-state index contributed by atoms with van der Waals surface area (Å²) < 4.78 is 2.10. The number of carbonyl (C=O) groups is 1. The van der Waals surface area contributed by atoms with Crippen LogP contribution in [0.5, 0.6) is 0 Å². The summed E-state index contributed by atoms with van der Waals surface area (Å²) in [6.45, 7) is 13.0. The Labute approximate surface area is 125 Å². The Bertz CT molecular complexity index is 475. The molecule has 6 heteroatoms. The second kappa shape index (κ2) is 6.16. The standard InChI is InChI=1S/C14H25N3O2S/c1-7-10-15-16-12(20-8-11(18)19)17(10)14(5,6)9-13(2,3)4/h7-9H2,1-6H3,(H,18,19). The van der Waals surface area contributed by atoms with Gasteiger partial charge in [-0.2, -0.15) is 0 Å². The van der Waals surface area contributed by atoms with Gasteiger partial charge in [-0.25, -0.2) is 0 Å². The van der Waals surface area contributed by atoms with Crippen molar-refractivity contribution in [2.24, 2.45) is 5.41 Å². The lowest BCUT2D eigenvalue weighted by Crippen LogP contribution is -2.33. The number of aliphatic carboxylic acids is 1. The first-order valence-electron chi connectivity index (χ1n) is 6.86. The fourth-order valence-electron chi connectivity index (χ4n) is 2.73. The van der Waals surface area contributed by atoms with Gasteiger partial charge in [-0.15, -0.1) is 10.2 Å². The van der Waals surface area contributed by atoms with E-state index in [0.29, 0.717) is 5.16 Å². The van der Waals surface area contributed by atoms with E-state index < -0.39 is 5.97 Å². The Morgan fingerprint density at radius 1 is 1.25 bits per heavy atom. The third-order valence-electron chi connectivity index (χ3n) is 2.91. The van der Waals surface area contributed by atoms with Crippen LogP contribution in [0.4, 0.5) is 0 Å².